The normalized spacial score (nSPS) is 11.8. The molecule has 3 heterocycles. The van der Waals surface area contributed by atoms with Crippen molar-refractivity contribution in [3.05, 3.63) is 68.2 Å². The summed E-state index contributed by atoms with van der Waals surface area (Å²) in [5.41, 5.74) is 3.05. The zero-order valence-corrected chi connectivity index (χ0v) is 21.4. The first-order chi connectivity index (χ1) is 17.2. The minimum Gasteiger partial charge on any atom is -0.321 e. The number of nitrogens with zero attached hydrogens (tertiary/aromatic N) is 5. The molecule has 0 aliphatic rings. The van der Waals surface area contributed by atoms with E-state index in [-0.39, 0.29) is 17.3 Å². The van der Waals surface area contributed by atoms with Gasteiger partial charge in [0.2, 0.25) is 5.91 Å². The summed E-state index contributed by atoms with van der Waals surface area (Å²) in [6.07, 6.45) is 2.99. The lowest BCUT2D eigenvalue weighted by Gasteiger charge is -2.17. The van der Waals surface area contributed by atoms with Gasteiger partial charge in [-0.1, -0.05) is 24.6 Å². The van der Waals surface area contributed by atoms with Gasteiger partial charge in [-0.15, -0.1) is 11.3 Å². The number of fused-ring (bicyclic) bond motifs is 1. The topological polar surface area (TPSA) is 135 Å². The van der Waals surface area contributed by atoms with Crippen LogP contribution in [-0.4, -0.2) is 31.1 Å². The van der Waals surface area contributed by atoms with Crippen LogP contribution in [0.4, 0.5) is 11.5 Å². The van der Waals surface area contributed by atoms with Gasteiger partial charge in [0.15, 0.2) is 0 Å². The molecular formula is C25H25N7O3S. The number of rotatable bonds is 6. The van der Waals surface area contributed by atoms with Gasteiger partial charge in [0.25, 0.3) is 11.5 Å². The van der Waals surface area contributed by atoms with Crippen LogP contribution in [0.3, 0.4) is 0 Å². The molecule has 10 nitrogen and oxygen atoms in total. The first-order valence-corrected chi connectivity index (χ1v) is 12.1. The number of hydrogen-bond donors (Lipinski definition) is 2. The van der Waals surface area contributed by atoms with E-state index < -0.39 is 17.5 Å². The molecule has 0 spiro atoms. The molecular weight excluding hydrogens is 478 g/mol. The van der Waals surface area contributed by atoms with Crippen molar-refractivity contribution in [1.29, 1.82) is 5.26 Å². The quantitative estimate of drug-likeness (QED) is 0.411. The Morgan fingerprint density at radius 3 is 2.64 bits per heavy atom. The Balaban J connectivity index is 1.68. The average molecular weight is 504 g/mol. The predicted octanol–water partition coefficient (Wildman–Crippen LogP) is 3.83. The number of benzene rings is 1. The highest BCUT2D eigenvalue weighted by Crippen LogP contribution is 2.29. The summed E-state index contributed by atoms with van der Waals surface area (Å²) in [5, 5.41) is 19.2. The number of anilines is 2. The summed E-state index contributed by atoms with van der Waals surface area (Å²) in [6.45, 7) is 7.38. The predicted molar refractivity (Wildman–Crippen MR) is 138 cm³/mol. The summed E-state index contributed by atoms with van der Waals surface area (Å²) in [7, 11) is 1.61. The molecule has 11 heteroatoms. The van der Waals surface area contributed by atoms with Crippen molar-refractivity contribution < 1.29 is 9.59 Å². The molecule has 2 N–H and O–H groups in total. The third kappa shape index (κ3) is 4.38. The number of hydrogen-bond acceptors (Lipinski definition) is 7. The summed E-state index contributed by atoms with van der Waals surface area (Å²) >= 11 is 1.14. The monoisotopic (exact) mass is 503 g/mol. The number of nitrogens with one attached hydrogen (secondary N) is 2. The maximum absolute atomic E-state index is 13.5. The largest absolute Gasteiger partial charge is 0.321 e. The van der Waals surface area contributed by atoms with E-state index in [1.807, 2.05) is 38.1 Å². The van der Waals surface area contributed by atoms with Crippen molar-refractivity contribution in [3.8, 4) is 6.07 Å². The summed E-state index contributed by atoms with van der Waals surface area (Å²) in [5.74, 6) is -0.542. The Morgan fingerprint density at radius 1 is 1.22 bits per heavy atom. The molecule has 36 heavy (non-hydrogen) atoms. The molecule has 0 saturated heterocycles. The number of amides is 2. The zero-order chi connectivity index (χ0) is 26.1. The van der Waals surface area contributed by atoms with Crippen molar-refractivity contribution in [2.45, 2.75) is 40.2 Å². The highest BCUT2D eigenvalue weighted by Gasteiger charge is 2.26. The van der Waals surface area contributed by atoms with Crippen LogP contribution >= 0.6 is 11.3 Å². The fourth-order valence-corrected chi connectivity index (χ4v) is 5.12. The summed E-state index contributed by atoms with van der Waals surface area (Å²) in [4.78, 5) is 44.9. The Morgan fingerprint density at radius 2 is 1.97 bits per heavy atom. The molecule has 0 saturated carbocycles. The summed E-state index contributed by atoms with van der Waals surface area (Å²) < 4.78 is 2.66. The second kappa shape index (κ2) is 9.75. The van der Waals surface area contributed by atoms with Crippen LogP contribution in [0.25, 0.3) is 10.2 Å². The van der Waals surface area contributed by atoms with E-state index >= 15 is 0 Å². The molecule has 1 aromatic carbocycles. The number of aryl methyl sites for hydroxylation is 4. The van der Waals surface area contributed by atoms with Gasteiger partial charge in [-0.3, -0.25) is 23.6 Å². The molecule has 0 bridgehead atoms. The third-order valence-corrected chi connectivity index (χ3v) is 7.24. The maximum atomic E-state index is 13.5. The minimum absolute atomic E-state index is 0.217. The number of nitriles is 1. The number of carbonyl (C=O) groups excluding carboxylic acids is 2. The smallest absolute Gasteiger partial charge is 0.266 e. The van der Waals surface area contributed by atoms with Crippen LogP contribution in [0.1, 0.15) is 51.3 Å². The lowest BCUT2D eigenvalue weighted by molar-refractivity contribution is -0.119. The zero-order valence-electron chi connectivity index (χ0n) is 20.5. The van der Waals surface area contributed by atoms with Crippen LogP contribution in [0, 0.1) is 32.1 Å². The highest BCUT2D eigenvalue weighted by molar-refractivity contribution is 7.20. The fourth-order valence-electron chi connectivity index (χ4n) is 4.08. The van der Waals surface area contributed by atoms with Crippen LogP contribution < -0.4 is 16.2 Å². The van der Waals surface area contributed by atoms with E-state index in [4.69, 9.17) is 0 Å². The molecule has 1 atom stereocenters. The second-order valence-electron chi connectivity index (χ2n) is 8.52. The number of aromatic nitrogens is 4. The van der Waals surface area contributed by atoms with E-state index in [0.29, 0.717) is 32.8 Å². The molecule has 2 amide bonds. The van der Waals surface area contributed by atoms with Crippen LogP contribution in [0.2, 0.25) is 0 Å². The Bertz CT molecular complexity index is 1610. The molecule has 0 fully saturated rings. The van der Waals surface area contributed by atoms with Gasteiger partial charge in [0.1, 0.15) is 28.3 Å². The van der Waals surface area contributed by atoms with Gasteiger partial charge in [-0.2, -0.15) is 10.4 Å². The van der Waals surface area contributed by atoms with Gasteiger partial charge in [-0.25, -0.2) is 4.98 Å². The van der Waals surface area contributed by atoms with Gasteiger partial charge in [0.05, 0.1) is 22.8 Å². The van der Waals surface area contributed by atoms with Crippen molar-refractivity contribution in [2.24, 2.45) is 7.05 Å². The van der Waals surface area contributed by atoms with E-state index in [1.54, 1.807) is 20.9 Å². The standard InChI is InChI=1S/C25H25N7O3S/c1-6-18(22(33)30-21-16(10-26)11-28-31(21)5)32-12-27-24-19(25(32)35)15(4)20(36-24)23(34)29-17-8-7-13(2)9-14(17)3/h7-9,11-12,18H,6H2,1-5H3,(H,29,34)(H,30,33). The van der Waals surface area contributed by atoms with Crippen molar-refractivity contribution in [3.63, 3.8) is 0 Å². The van der Waals surface area contributed by atoms with E-state index in [1.165, 1.54) is 21.8 Å². The molecule has 1 unspecified atom stereocenters. The molecule has 4 rings (SSSR count). The number of thiophene rings is 1. The second-order valence-corrected chi connectivity index (χ2v) is 9.52. The minimum atomic E-state index is -0.873. The van der Waals surface area contributed by atoms with E-state index in [2.05, 4.69) is 20.7 Å². The fraction of sp³-hybridized carbons (Fsp3) is 0.280. The molecule has 0 aliphatic heterocycles. The molecule has 4 aromatic rings. The SMILES string of the molecule is CCC(C(=O)Nc1c(C#N)cnn1C)n1cnc2sc(C(=O)Nc3ccc(C)cc3C)c(C)c2c1=O. The molecule has 3 aromatic heterocycles. The van der Waals surface area contributed by atoms with E-state index in [9.17, 15) is 19.6 Å². The van der Waals surface area contributed by atoms with E-state index in [0.717, 1.165) is 22.5 Å². The van der Waals surface area contributed by atoms with Gasteiger partial charge in [-0.05, 0) is 44.4 Å². The van der Waals surface area contributed by atoms with Crippen LogP contribution in [0.5, 0.6) is 0 Å². The van der Waals surface area contributed by atoms with Crippen LogP contribution in [0.15, 0.2) is 35.5 Å². The Labute approximate surface area is 211 Å². The van der Waals surface area contributed by atoms with Gasteiger partial charge >= 0.3 is 0 Å². The number of carbonyl (C=O) groups is 2. The molecule has 0 aliphatic carbocycles. The highest BCUT2D eigenvalue weighted by atomic mass is 32.1. The summed E-state index contributed by atoms with van der Waals surface area (Å²) in [6, 6.07) is 6.86. The lowest BCUT2D eigenvalue weighted by Crippen LogP contribution is -2.33. The maximum Gasteiger partial charge on any atom is 0.266 e. The van der Waals surface area contributed by atoms with Crippen molar-refractivity contribution >= 4 is 44.9 Å². The Hall–Kier alpha value is -4.30. The third-order valence-electron chi connectivity index (χ3n) is 6.04. The van der Waals surface area contributed by atoms with Gasteiger partial charge < -0.3 is 10.6 Å². The first kappa shape index (κ1) is 24.8. The molecule has 0 radical (unpaired) electrons. The van der Waals surface area contributed by atoms with Gasteiger partial charge in [0, 0.05) is 12.7 Å². The first-order valence-electron chi connectivity index (χ1n) is 11.3. The van der Waals surface area contributed by atoms with Crippen LogP contribution in [-0.2, 0) is 11.8 Å². The van der Waals surface area contributed by atoms with Crippen molar-refractivity contribution in [2.75, 3.05) is 10.6 Å². The lowest BCUT2D eigenvalue weighted by atomic mass is 10.1. The van der Waals surface area contributed by atoms with Crippen molar-refractivity contribution in [1.82, 2.24) is 19.3 Å². The molecule has 184 valence electrons. The Kier molecular flexibility index (Phi) is 6.72. The average Bonchev–Trinajstić information content (AvgIpc) is 3.37.